The van der Waals surface area contributed by atoms with Gasteiger partial charge in [0.1, 0.15) is 12.4 Å². The van der Waals surface area contributed by atoms with Crippen molar-refractivity contribution in [1.29, 1.82) is 0 Å². The summed E-state index contributed by atoms with van der Waals surface area (Å²) in [6.07, 6.45) is 0. The topological polar surface area (TPSA) is 47.7 Å². The molecule has 0 bridgehead atoms. The molecule has 0 amide bonds. The summed E-state index contributed by atoms with van der Waals surface area (Å²) in [4.78, 5) is 2.32. The number of anilines is 1. The Morgan fingerprint density at radius 2 is 1.75 bits per heavy atom. The van der Waals surface area contributed by atoms with Crippen molar-refractivity contribution in [3.8, 4) is 11.5 Å². The number of rotatable bonds is 7. The first-order valence-electron chi connectivity index (χ1n) is 6.88. The molecule has 0 saturated heterocycles. The molecule has 0 aliphatic heterocycles. The van der Waals surface area contributed by atoms with Crippen LogP contribution in [-0.4, -0.2) is 37.2 Å². The van der Waals surface area contributed by atoms with Crippen molar-refractivity contribution in [2.45, 2.75) is 39.8 Å². The lowest BCUT2D eigenvalue weighted by molar-refractivity contribution is 0.142. The summed E-state index contributed by atoms with van der Waals surface area (Å²) in [5.74, 6) is 0.109. The van der Waals surface area contributed by atoms with Gasteiger partial charge < -0.3 is 15.2 Å². The van der Waals surface area contributed by atoms with Crippen molar-refractivity contribution >= 4 is 5.69 Å². The molecular formula is C15H25FN2O2. The molecule has 0 unspecified atom stereocenters. The van der Waals surface area contributed by atoms with Gasteiger partial charge in [-0.1, -0.05) is 0 Å². The van der Waals surface area contributed by atoms with Crippen LogP contribution in [0, 0.1) is 5.82 Å². The van der Waals surface area contributed by atoms with Crippen molar-refractivity contribution in [1.82, 2.24) is 4.90 Å². The first-order chi connectivity index (χ1) is 9.36. The lowest BCUT2D eigenvalue weighted by atomic mass is 10.2. The standard InChI is InChI=1S/C15H25FN2O2/c1-10(2)18(11(3)4)6-7-20-15-9-14(19-5)12(16)8-13(15)17/h8-11H,6-7,17H2,1-5H3. The predicted molar refractivity (Wildman–Crippen MR) is 79.8 cm³/mol. The number of nitrogens with two attached hydrogens (primary N) is 1. The fraction of sp³-hybridized carbons (Fsp3) is 0.600. The van der Waals surface area contributed by atoms with Crippen LogP contribution < -0.4 is 15.2 Å². The maximum Gasteiger partial charge on any atom is 0.167 e. The zero-order valence-electron chi connectivity index (χ0n) is 12.9. The van der Waals surface area contributed by atoms with Crippen LogP contribution in [0.1, 0.15) is 27.7 Å². The van der Waals surface area contributed by atoms with Gasteiger partial charge in [-0.2, -0.15) is 0 Å². The van der Waals surface area contributed by atoms with Crippen LogP contribution in [0.25, 0.3) is 0 Å². The molecule has 0 aliphatic rings. The van der Waals surface area contributed by atoms with Crippen molar-refractivity contribution in [3.05, 3.63) is 17.9 Å². The Morgan fingerprint density at radius 3 is 2.25 bits per heavy atom. The number of methoxy groups -OCH3 is 1. The molecule has 0 saturated carbocycles. The maximum absolute atomic E-state index is 13.4. The fourth-order valence-electron chi connectivity index (χ4n) is 2.21. The monoisotopic (exact) mass is 284 g/mol. The molecule has 0 radical (unpaired) electrons. The van der Waals surface area contributed by atoms with Gasteiger partial charge in [0.25, 0.3) is 0 Å². The van der Waals surface area contributed by atoms with E-state index in [2.05, 4.69) is 32.6 Å². The van der Waals surface area contributed by atoms with E-state index in [-0.39, 0.29) is 11.4 Å². The average molecular weight is 284 g/mol. The van der Waals surface area contributed by atoms with Crippen LogP contribution in [0.5, 0.6) is 11.5 Å². The zero-order chi connectivity index (χ0) is 15.3. The van der Waals surface area contributed by atoms with Crippen molar-refractivity contribution < 1.29 is 13.9 Å². The summed E-state index contributed by atoms with van der Waals surface area (Å²) in [7, 11) is 1.41. The number of halogens is 1. The summed E-state index contributed by atoms with van der Waals surface area (Å²) in [6.45, 7) is 9.87. The average Bonchev–Trinajstić information content (AvgIpc) is 2.35. The van der Waals surface area contributed by atoms with Gasteiger partial charge in [0.05, 0.1) is 12.8 Å². The summed E-state index contributed by atoms with van der Waals surface area (Å²) in [5, 5.41) is 0. The number of nitrogens with zero attached hydrogens (tertiary/aromatic N) is 1. The van der Waals surface area contributed by atoms with E-state index in [4.69, 9.17) is 15.2 Å². The summed E-state index contributed by atoms with van der Waals surface area (Å²) < 4.78 is 24.0. The van der Waals surface area contributed by atoms with Crippen LogP contribution in [-0.2, 0) is 0 Å². The van der Waals surface area contributed by atoms with Gasteiger partial charge >= 0.3 is 0 Å². The molecular weight excluding hydrogens is 259 g/mol. The van der Waals surface area contributed by atoms with Gasteiger partial charge in [-0.25, -0.2) is 4.39 Å². The van der Waals surface area contributed by atoms with Gasteiger partial charge in [0.15, 0.2) is 11.6 Å². The minimum absolute atomic E-state index is 0.138. The molecule has 1 rings (SSSR count). The Bertz CT molecular complexity index is 428. The first kappa shape index (κ1) is 16.6. The molecule has 114 valence electrons. The lowest BCUT2D eigenvalue weighted by Gasteiger charge is -2.30. The summed E-state index contributed by atoms with van der Waals surface area (Å²) >= 11 is 0. The Kier molecular flexibility index (Phi) is 6.07. The number of ether oxygens (including phenoxy) is 2. The third-order valence-electron chi connectivity index (χ3n) is 3.22. The summed E-state index contributed by atoms with van der Waals surface area (Å²) in [5.41, 5.74) is 6.03. The molecule has 20 heavy (non-hydrogen) atoms. The minimum atomic E-state index is -0.483. The second kappa shape index (κ2) is 7.33. The lowest BCUT2D eigenvalue weighted by Crippen LogP contribution is -2.39. The normalized spacial score (nSPS) is 11.4. The highest BCUT2D eigenvalue weighted by Gasteiger charge is 2.14. The van der Waals surface area contributed by atoms with Crippen molar-refractivity contribution in [3.63, 3.8) is 0 Å². The quantitative estimate of drug-likeness (QED) is 0.782. The molecule has 0 heterocycles. The van der Waals surface area contributed by atoms with Crippen LogP contribution in [0.3, 0.4) is 0 Å². The maximum atomic E-state index is 13.4. The zero-order valence-corrected chi connectivity index (χ0v) is 12.9. The Hall–Kier alpha value is -1.49. The number of hydrogen-bond donors (Lipinski definition) is 1. The van der Waals surface area contributed by atoms with E-state index < -0.39 is 5.82 Å². The molecule has 4 nitrogen and oxygen atoms in total. The van der Waals surface area contributed by atoms with E-state index in [1.54, 1.807) is 0 Å². The first-order valence-corrected chi connectivity index (χ1v) is 6.88. The molecule has 0 spiro atoms. The molecule has 0 aliphatic carbocycles. The molecule has 0 fully saturated rings. The third kappa shape index (κ3) is 4.27. The second-order valence-corrected chi connectivity index (χ2v) is 5.30. The Morgan fingerprint density at radius 1 is 1.15 bits per heavy atom. The van der Waals surface area contributed by atoms with Crippen molar-refractivity contribution in [2.24, 2.45) is 0 Å². The number of benzene rings is 1. The van der Waals surface area contributed by atoms with Gasteiger partial charge in [0.2, 0.25) is 0 Å². The van der Waals surface area contributed by atoms with E-state index in [9.17, 15) is 4.39 Å². The van der Waals surface area contributed by atoms with E-state index in [1.165, 1.54) is 19.2 Å². The highest BCUT2D eigenvalue weighted by atomic mass is 19.1. The molecule has 5 heteroatoms. The SMILES string of the molecule is COc1cc(OCCN(C(C)C)C(C)C)c(N)cc1F. The van der Waals surface area contributed by atoms with Crippen LogP contribution in [0.4, 0.5) is 10.1 Å². The highest BCUT2D eigenvalue weighted by molar-refractivity contribution is 5.56. The molecule has 0 atom stereocenters. The number of hydrogen-bond acceptors (Lipinski definition) is 4. The van der Waals surface area contributed by atoms with Gasteiger partial charge in [-0.05, 0) is 27.7 Å². The predicted octanol–water partition coefficient (Wildman–Crippen LogP) is 2.91. The van der Waals surface area contributed by atoms with Crippen molar-refractivity contribution in [2.75, 3.05) is 26.0 Å². The Labute approximate surface area is 120 Å². The van der Waals surface area contributed by atoms with Gasteiger partial charge in [-0.3, -0.25) is 4.90 Å². The largest absolute Gasteiger partial charge is 0.494 e. The van der Waals surface area contributed by atoms with Gasteiger partial charge in [0, 0.05) is 30.8 Å². The third-order valence-corrected chi connectivity index (χ3v) is 3.22. The van der Waals surface area contributed by atoms with Crippen LogP contribution >= 0.6 is 0 Å². The summed E-state index contributed by atoms with van der Waals surface area (Å²) in [6, 6.07) is 3.59. The Balaban J connectivity index is 2.66. The molecule has 1 aromatic rings. The second-order valence-electron chi connectivity index (χ2n) is 5.30. The van der Waals surface area contributed by atoms with E-state index in [0.29, 0.717) is 24.4 Å². The van der Waals surface area contributed by atoms with Gasteiger partial charge in [-0.15, -0.1) is 0 Å². The molecule has 0 aromatic heterocycles. The van der Waals surface area contributed by atoms with Crippen LogP contribution in [0.2, 0.25) is 0 Å². The van der Waals surface area contributed by atoms with E-state index in [1.807, 2.05) is 0 Å². The van der Waals surface area contributed by atoms with E-state index in [0.717, 1.165) is 6.54 Å². The van der Waals surface area contributed by atoms with E-state index >= 15 is 0 Å². The molecule has 2 N–H and O–H groups in total. The van der Waals surface area contributed by atoms with Crippen LogP contribution in [0.15, 0.2) is 12.1 Å². The minimum Gasteiger partial charge on any atom is -0.494 e. The fourth-order valence-corrected chi connectivity index (χ4v) is 2.21. The number of nitrogen functional groups attached to an aromatic ring is 1. The highest BCUT2D eigenvalue weighted by Crippen LogP contribution is 2.29. The smallest absolute Gasteiger partial charge is 0.167 e. The molecule has 1 aromatic carbocycles.